The van der Waals surface area contributed by atoms with Gasteiger partial charge in [-0.3, -0.25) is 4.79 Å². The Labute approximate surface area is 108 Å². The summed E-state index contributed by atoms with van der Waals surface area (Å²) in [6.07, 6.45) is 0. The fourth-order valence-electron chi connectivity index (χ4n) is 1.64. The van der Waals surface area contributed by atoms with Crippen LogP contribution in [0.5, 0.6) is 11.5 Å². The molecule has 0 unspecified atom stereocenters. The smallest absolute Gasteiger partial charge is 0.180 e. The molecular formula is C14H21NO3. The molecule has 18 heavy (non-hydrogen) atoms. The number of hydrogen-bond donors (Lipinski definition) is 0. The van der Waals surface area contributed by atoms with Crippen molar-refractivity contribution in [1.82, 2.24) is 4.90 Å². The standard InChI is InChI=1S/C14H21NO3/c1-5-17-11-7-8-12(13(16)10-15(3)4)14(9-11)18-6-2/h7-9H,5-6,10H2,1-4H3. The van der Waals surface area contributed by atoms with Gasteiger partial charge < -0.3 is 14.4 Å². The van der Waals surface area contributed by atoms with Crippen LogP contribution < -0.4 is 9.47 Å². The summed E-state index contributed by atoms with van der Waals surface area (Å²) < 4.78 is 10.9. The van der Waals surface area contributed by atoms with Gasteiger partial charge >= 0.3 is 0 Å². The Morgan fingerprint density at radius 2 is 1.83 bits per heavy atom. The molecule has 100 valence electrons. The SMILES string of the molecule is CCOc1ccc(C(=O)CN(C)C)c(OCC)c1. The fraction of sp³-hybridized carbons (Fsp3) is 0.500. The normalized spacial score (nSPS) is 10.5. The van der Waals surface area contributed by atoms with Crippen LogP contribution in [0.4, 0.5) is 0 Å². The number of nitrogens with zero attached hydrogens (tertiary/aromatic N) is 1. The van der Waals surface area contributed by atoms with Crippen molar-refractivity contribution >= 4 is 5.78 Å². The molecule has 0 amide bonds. The molecule has 0 heterocycles. The Bertz CT molecular complexity index is 402. The molecule has 0 saturated carbocycles. The van der Waals surface area contributed by atoms with Gasteiger partial charge in [0.1, 0.15) is 11.5 Å². The van der Waals surface area contributed by atoms with Crippen LogP contribution in [0.3, 0.4) is 0 Å². The number of carbonyl (C=O) groups excluding carboxylic acids is 1. The maximum atomic E-state index is 12.1. The third-order valence-electron chi connectivity index (χ3n) is 2.32. The maximum absolute atomic E-state index is 12.1. The number of benzene rings is 1. The van der Waals surface area contributed by atoms with Crippen molar-refractivity contribution in [2.24, 2.45) is 0 Å². The molecule has 1 rings (SSSR count). The van der Waals surface area contributed by atoms with Crippen LogP contribution in [-0.2, 0) is 0 Å². The summed E-state index contributed by atoms with van der Waals surface area (Å²) in [5.74, 6) is 1.36. The van der Waals surface area contributed by atoms with Crippen LogP contribution in [0.15, 0.2) is 18.2 Å². The highest BCUT2D eigenvalue weighted by Gasteiger charge is 2.14. The van der Waals surface area contributed by atoms with Gasteiger partial charge in [-0.2, -0.15) is 0 Å². The molecule has 1 aromatic carbocycles. The largest absolute Gasteiger partial charge is 0.494 e. The van der Waals surface area contributed by atoms with E-state index < -0.39 is 0 Å². The third kappa shape index (κ3) is 4.04. The summed E-state index contributed by atoms with van der Waals surface area (Å²) in [5, 5.41) is 0. The maximum Gasteiger partial charge on any atom is 0.180 e. The Morgan fingerprint density at radius 3 is 2.39 bits per heavy atom. The average Bonchev–Trinajstić information content (AvgIpc) is 2.29. The van der Waals surface area contributed by atoms with Crippen LogP contribution in [0, 0.1) is 0 Å². The van der Waals surface area contributed by atoms with Crippen LogP contribution in [0.25, 0.3) is 0 Å². The molecule has 0 N–H and O–H groups in total. The Morgan fingerprint density at radius 1 is 1.17 bits per heavy atom. The van der Waals surface area contributed by atoms with Gasteiger partial charge in [-0.15, -0.1) is 0 Å². The molecule has 4 heteroatoms. The number of ketones is 1. The molecule has 0 aromatic heterocycles. The summed E-state index contributed by atoms with van der Waals surface area (Å²) in [5.41, 5.74) is 0.606. The van der Waals surface area contributed by atoms with Crippen LogP contribution in [0.1, 0.15) is 24.2 Å². The van der Waals surface area contributed by atoms with Gasteiger partial charge in [0.05, 0.1) is 25.3 Å². The number of ether oxygens (including phenoxy) is 2. The summed E-state index contributed by atoms with van der Waals surface area (Å²) in [7, 11) is 3.74. The molecule has 0 radical (unpaired) electrons. The number of carbonyl (C=O) groups is 1. The topological polar surface area (TPSA) is 38.8 Å². The second-order valence-corrected chi connectivity index (χ2v) is 4.18. The highest BCUT2D eigenvalue weighted by Crippen LogP contribution is 2.25. The highest BCUT2D eigenvalue weighted by molar-refractivity contribution is 6.00. The zero-order valence-electron chi connectivity index (χ0n) is 11.5. The zero-order valence-corrected chi connectivity index (χ0v) is 11.5. The molecule has 1 aromatic rings. The van der Waals surface area contributed by atoms with E-state index in [0.29, 0.717) is 31.1 Å². The van der Waals surface area contributed by atoms with Gasteiger partial charge in [0.15, 0.2) is 5.78 Å². The van der Waals surface area contributed by atoms with E-state index >= 15 is 0 Å². The van der Waals surface area contributed by atoms with Crippen LogP contribution in [-0.4, -0.2) is 44.5 Å². The lowest BCUT2D eigenvalue weighted by atomic mass is 10.1. The third-order valence-corrected chi connectivity index (χ3v) is 2.32. The number of Topliss-reactive ketones (excluding diaryl/α,β-unsaturated/α-hetero) is 1. The number of rotatable bonds is 7. The van der Waals surface area contributed by atoms with Gasteiger partial charge in [0.25, 0.3) is 0 Å². The predicted octanol–water partition coefficient (Wildman–Crippen LogP) is 2.23. The van der Waals surface area contributed by atoms with Gasteiger partial charge in [0.2, 0.25) is 0 Å². The first-order valence-electron chi connectivity index (χ1n) is 6.16. The van der Waals surface area contributed by atoms with E-state index in [0.717, 1.165) is 5.75 Å². The van der Waals surface area contributed by atoms with Gasteiger partial charge in [0, 0.05) is 6.07 Å². The van der Waals surface area contributed by atoms with E-state index in [4.69, 9.17) is 9.47 Å². The van der Waals surface area contributed by atoms with Crippen molar-refractivity contribution in [3.05, 3.63) is 23.8 Å². The molecule has 0 aliphatic heterocycles. The first-order chi connectivity index (χ1) is 8.58. The first-order valence-corrected chi connectivity index (χ1v) is 6.16. The summed E-state index contributed by atoms with van der Waals surface area (Å²) in [6, 6.07) is 5.34. The van der Waals surface area contributed by atoms with E-state index in [2.05, 4.69) is 0 Å². The molecule has 0 spiro atoms. The van der Waals surface area contributed by atoms with Crippen molar-refractivity contribution in [1.29, 1.82) is 0 Å². The van der Waals surface area contributed by atoms with E-state index in [9.17, 15) is 4.79 Å². The van der Waals surface area contributed by atoms with Gasteiger partial charge in [-0.1, -0.05) is 0 Å². The molecule has 4 nitrogen and oxygen atoms in total. The molecule has 0 bridgehead atoms. The monoisotopic (exact) mass is 251 g/mol. The Balaban J connectivity index is 2.98. The molecular weight excluding hydrogens is 230 g/mol. The molecule has 0 fully saturated rings. The number of hydrogen-bond acceptors (Lipinski definition) is 4. The first kappa shape index (κ1) is 14.5. The van der Waals surface area contributed by atoms with E-state index in [-0.39, 0.29) is 5.78 Å². The van der Waals surface area contributed by atoms with E-state index in [1.54, 1.807) is 18.2 Å². The van der Waals surface area contributed by atoms with Crippen molar-refractivity contribution < 1.29 is 14.3 Å². The molecule has 0 aliphatic rings. The lowest BCUT2D eigenvalue weighted by Gasteiger charge is -2.13. The lowest BCUT2D eigenvalue weighted by molar-refractivity contribution is 0.0954. The van der Waals surface area contributed by atoms with Gasteiger partial charge in [-0.05, 0) is 40.1 Å². The quantitative estimate of drug-likeness (QED) is 0.697. The second kappa shape index (κ2) is 7.01. The van der Waals surface area contributed by atoms with Crippen molar-refractivity contribution in [2.75, 3.05) is 33.9 Å². The summed E-state index contributed by atoms with van der Waals surface area (Å²) >= 11 is 0. The van der Waals surface area contributed by atoms with Crippen LogP contribution in [0.2, 0.25) is 0 Å². The lowest BCUT2D eigenvalue weighted by Crippen LogP contribution is -2.22. The predicted molar refractivity (Wildman–Crippen MR) is 71.7 cm³/mol. The molecule has 0 atom stereocenters. The fourth-order valence-corrected chi connectivity index (χ4v) is 1.64. The Kier molecular flexibility index (Phi) is 5.65. The van der Waals surface area contributed by atoms with E-state index in [1.165, 1.54) is 0 Å². The average molecular weight is 251 g/mol. The summed E-state index contributed by atoms with van der Waals surface area (Å²) in [4.78, 5) is 13.9. The minimum atomic E-state index is 0.0477. The highest BCUT2D eigenvalue weighted by atomic mass is 16.5. The second-order valence-electron chi connectivity index (χ2n) is 4.18. The summed E-state index contributed by atoms with van der Waals surface area (Å²) in [6.45, 7) is 5.31. The van der Waals surface area contributed by atoms with E-state index in [1.807, 2.05) is 32.8 Å². The number of likely N-dealkylation sites (N-methyl/N-ethyl adjacent to an activating group) is 1. The molecule has 0 saturated heterocycles. The minimum Gasteiger partial charge on any atom is -0.494 e. The molecule has 0 aliphatic carbocycles. The van der Waals surface area contributed by atoms with Crippen molar-refractivity contribution in [2.45, 2.75) is 13.8 Å². The van der Waals surface area contributed by atoms with Crippen LogP contribution >= 0.6 is 0 Å². The Hall–Kier alpha value is -1.55. The van der Waals surface area contributed by atoms with Crippen molar-refractivity contribution in [3.8, 4) is 11.5 Å². The zero-order chi connectivity index (χ0) is 13.5. The van der Waals surface area contributed by atoms with Crippen molar-refractivity contribution in [3.63, 3.8) is 0 Å². The minimum absolute atomic E-state index is 0.0477. The van der Waals surface area contributed by atoms with Gasteiger partial charge in [-0.25, -0.2) is 0 Å².